The Hall–Kier alpha value is -0.970. The van der Waals surface area contributed by atoms with Gasteiger partial charge in [0.1, 0.15) is 0 Å². The van der Waals surface area contributed by atoms with Crippen LogP contribution in [0.25, 0.3) is 0 Å². The number of hydrogen-bond acceptors (Lipinski definition) is 3. The number of hydrogen-bond donors (Lipinski definition) is 2. The fourth-order valence-electron chi connectivity index (χ4n) is 0.481. The molecule has 0 saturated carbocycles. The molecule has 0 unspecified atom stereocenters. The normalized spacial score (nSPS) is 10.3. The van der Waals surface area contributed by atoms with Gasteiger partial charge in [-0.25, -0.2) is 4.79 Å². The highest BCUT2D eigenvalue weighted by molar-refractivity contribution is 8.02. The number of aliphatic carboxylic acids is 2. The second kappa shape index (κ2) is 6.72. The minimum atomic E-state index is -0.985. The second-order valence-electron chi connectivity index (χ2n) is 2.01. The molecule has 0 saturated heterocycles. The van der Waals surface area contributed by atoms with Gasteiger partial charge in [0.15, 0.2) is 0 Å². The van der Waals surface area contributed by atoms with Crippen LogP contribution in [0.4, 0.5) is 0 Å². The number of thioether (sulfide) groups is 1. The van der Waals surface area contributed by atoms with E-state index in [9.17, 15) is 9.59 Å². The zero-order valence-electron chi connectivity index (χ0n) is 6.40. The molecule has 0 fully saturated rings. The van der Waals surface area contributed by atoms with Crippen molar-refractivity contribution in [3.8, 4) is 0 Å². The van der Waals surface area contributed by atoms with Crippen molar-refractivity contribution in [1.29, 1.82) is 0 Å². The van der Waals surface area contributed by atoms with Crippen LogP contribution in [0, 0.1) is 0 Å². The molecule has 0 rings (SSSR count). The van der Waals surface area contributed by atoms with Gasteiger partial charge >= 0.3 is 11.9 Å². The first-order chi connectivity index (χ1) is 5.63. The summed E-state index contributed by atoms with van der Waals surface area (Å²) in [4.78, 5) is 20.0. The topological polar surface area (TPSA) is 74.6 Å². The highest BCUT2D eigenvalue weighted by atomic mass is 32.2. The molecule has 0 aliphatic rings. The highest BCUT2D eigenvalue weighted by Gasteiger charge is 1.94. The molecule has 0 aliphatic carbocycles. The average Bonchev–Trinajstić information content (AvgIpc) is 1.95. The zero-order valence-corrected chi connectivity index (χ0v) is 7.21. The minimum Gasteiger partial charge on any atom is -0.481 e. The molecule has 5 heteroatoms. The Morgan fingerprint density at radius 3 is 2.50 bits per heavy atom. The van der Waals surface area contributed by atoms with E-state index in [1.54, 1.807) is 0 Å². The van der Waals surface area contributed by atoms with E-state index in [4.69, 9.17) is 10.2 Å². The molecule has 0 aromatic carbocycles. The van der Waals surface area contributed by atoms with Gasteiger partial charge in [0.2, 0.25) is 0 Å². The quantitative estimate of drug-likeness (QED) is 0.486. The van der Waals surface area contributed by atoms with Crippen LogP contribution in [-0.2, 0) is 9.59 Å². The summed E-state index contributed by atoms with van der Waals surface area (Å²) >= 11 is 1.30. The summed E-state index contributed by atoms with van der Waals surface area (Å²) in [6.07, 6.45) is 1.73. The van der Waals surface area contributed by atoms with E-state index in [2.05, 4.69) is 0 Å². The largest absolute Gasteiger partial charge is 0.481 e. The molecule has 0 aromatic heterocycles. The first-order valence-electron chi connectivity index (χ1n) is 3.36. The van der Waals surface area contributed by atoms with E-state index in [1.165, 1.54) is 17.2 Å². The maximum absolute atomic E-state index is 10.0. The number of carboxylic acid groups (broad SMARTS) is 2. The summed E-state index contributed by atoms with van der Waals surface area (Å²) in [5.41, 5.74) is 0. The van der Waals surface area contributed by atoms with E-state index in [0.29, 0.717) is 12.2 Å². The predicted octanol–water partition coefficient (Wildman–Crippen LogP) is 1.18. The van der Waals surface area contributed by atoms with Gasteiger partial charge in [0, 0.05) is 12.5 Å². The Balaban J connectivity index is 3.21. The van der Waals surface area contributed by atoms with Gasteiger partial charge in [-0.1, -0.05) is 0 Å². The van der Waals surface area contributed by atoms with E-state index >= 15 is 0 Å². The summed E-state index contributed by atoms with van der Waals surface area (Å²) in [5.74, 6) is -1.17. The average molecular weight is 190 g/mol. The molecule has 0 bridgehead atoms. The third-order valence-corrected chi connectivity index (χ3v) is 1.81. The fraction of sp³-hybridized carbons (Fsp3) is 0.429. The van der Waals surface area contributed by atoms with E-state index < -0.39 is 11.9 Å². The Morgan fingerprint density at radius 1 is 1.33 bits per heavy atom. The van der Waals surface area contributed by atoms with Crippen LogP contribution in [-0.4, -0.2) is 27.9 Å². The van der Waals surface area contributed by atoms with Crippen molar-refractivity contribution >= 4 is 23.7 Å². The smallest absolute Gasteiger partial charge is 0.328 e. The molecule has 0 radical (unpaired) electrons. The lowest BCUT2D eigenvalue weighted by Gasteiger charge is -1.91. The van der Waals surface area contributed by atoms with E-state index in [1.807, 2.05) is 0 Å². The van der Waals surface area contributed by atoms with Crippen molar-refractivity contribution in [2.75, 3.05) is 5.75 Å². The van der Waals surface area contributed by atoms with Gasteiger partial charge in [0.25, 0.3) is 0 Å². The number of carbonyl (C=O) groups is 2. The Labute approximate surface area is 74.3 Å². The van der Waals surface area contributed by atoms with Gasteiger partial charge in [-0.3, -0.25) is 4.79 Å². The van der Waals surface area contributed by atoms with Gasteiger partial charge < -0.3 is 10.2 Å². The molecule has 0 heterocycles. The molecule has 2 N–H and O–H groups in total. The van der Waals surface area contributed by atoms with Crippen molar-refractivity contribution in [3.05, 3.63) is 11.5 Å². The van der Waals surface area contributed by atoms with Crippen LogP contribution >= 0.6 is 11.8 Å². The minimum absolute atomic E-state index is 0.133. The Bertz CT molecular complexity index is 188. The third-order valence-electron chi connectivity index (χ3n) is 0.960. The predicted molar refractivity (Wildman–Crippen MR) is 46.1 cm³/mol. The van der Waals surface area contributed by atoms with Crippen LogP contribution in [0.5, 0.6) is 0 Å². The van der Waals surface area contributed by atoms with E-state index in [0.717, 1.165) is 6.08 Å². The first kappa shape index (κ1) is 11.0. The summed E-state index contributed by atoms with van der Waals surface area (Å²) in [7, 11) is 0. The van der Waals surface area contributed by atoms with Gasteiger partial charge in [0.05, 0.1) is 0 Å². The van der Waals surface area contributed by atoms with Crippen molar-refractivity contribution in [2.24, 2.45) is 0 Å². The Morgan fingerprint density at radius 2 is 2.00 bits per heavy atom. The maximum atomic E-state index is 10.0. The van der Waals surface area contributed by atoms with Crippen molar-refractivity contribution in [3.63, 3.8) is 0 Å². The monoisotopic (exact) mass is 190 g/mol. The summed E-state index contributed by atoms with van der Waals surface area (Å²) < 4.78 is 0. The first-order valence-corrected chi connectivity index (χ1v) is 4.40. The lowest BCUT2D eigenvalue weighted by atomic mass is 10.3. The standard InChI is InChI=1S/C7H10O4S/c8-6(9)2-1-4-12-5-3-7(10)11/h3,5H,1-2,4H2,(H,8,9)(H,10,11)/b5-3+. The van der Waals surface area contributed by atoms with Crippen LogP contribution in [0.15, 0.2) is 11.5 Å². The van der Waals surface area contributed by atoms with Crippen molar-refractivity contribution in [1.82, 2.24) is 0 Å². The molecule has 12 heavy (non-hydrogen) atoms. The lowest BCUT2D eigenvalue weighted by molar-refractivity contribution is -0.137. The van der Waals surface area contributed by atoms with Crippen molar-refractivity contribution in [2.45, 2.75) is 12.8 Å². The molecule has 0 atom stereocenters. The summed E-state index contributed by atoms with van der Waals surface area (Å²) in [5, 5.41) is 17.8. The molecule has 0 amide bonds. The summed E-state index contributed by atoms with van der Waals surface area (Å²) in [6, 6.07) is 0. The SMILES string of the molecule is O=C(O)/C=C/SCCCC(=O)O. The number of carboxylic acids is 2. The third kappa shape index (κ3) is 9.03. The zero-order chi connectivity index (χ0) is 9.40. The molecule has 4 nitrogen and oxygen atoms in total. The van der Waals surface area contributed by atoms with Crippen LogP contribution in [0.2, 0.25) is 0 Å². The molecule has 68 valence electrons. The van der Waals surface area contributed by atoms with Crippen LogP contribution < -0.4 is 0 Å². The lowest BCUT2D eigenvalue weighted by Crippen LogP contribution is -1.94. The van der Waals surface area contributed by atoms with Gasteiger partial charge in [-0.2, -0.15) is 0 Å². The highest BCUT2D eigenvalue weighted by Crippen LogP contribution is 2.05. The molecular weight excluding hydrogens is 180 g/mol. The molecule has 0 spiro atoms. The molecule has 0 aliphatic heterocycles. The molecule has 0 aromatic rings. The fourth-order valence-corrected chi connectivity index (χ4v) is 1.14. The number of rotatable bonds is 6. The Kier molecular flexibility index (Phi) is 6.18. The van der Waals surface area contributed by atoms with Gasteiger partial charge in [-0.15, -0.1) is 11.8 Å². The maximum Gasteiger partial charge on any atom is 0.328 e. The van der Waals surface area contributed by atoms with Crippen molar-refractivity contribution < 1.29 is 19.8 Å². The molecular formula is C7H10O4S. The van der Waals surface area contributed by atoms with E-state index in [-0.39, 0.29) is 6.42 Å². The second-order valence-corrected chi connectivity index (χ2v) is 3.02. The van der Waals surface area contributed by atoms with Gasteiger partial charge in [-0.05, 0) is 17.6 Å². The summed E-state index contributed by atoms with van der Waals surface area (Å²) in [6.45, 7) is 0. The van der Waals surface area contributed by atoms with Crippen LogP contribution in [0.1, 0.15) is 12.8 Å². The van der Waals surface area contributed by atoms with Crippen LogP contribution in [0.3, 0.4) is 0 Å².